The molecule has 3 aromatic rings. The Morgan fingerprint density at radius 2 is 2.00 bits per heavy atom. The van der Waals surface area contributed by atoms with Crippen LogP contribution >= 0.6 is 11.3 Å². The molecular formula is C20H25N5OS. The number of piperazine rings is 1. The number of pyridine rings is 1. The van der Waals surface area contributed by atoms with Gasteiger partial charge in [0, 0.05) is 50.0 Å². The third-order valence-electron chi connectivity index (χ3n) is 5.05. The minimum absolute atomic E-state index is 0.108. The second-order valence-electron chi connectivity index (χ2n) is 7.05. The molecule has 3 aromatic heterocycles. The Kier molecular flexibility index (Phi) is 5.52. The van der Waals surface area contributed by atoms with Gasteiger partial charge in [-0.15, -0.1) is 11.3 Å². The van der Waals surface area contributed by atoms with E-state index in [1.165, 1.54) is 10.4 Å². The maximum absolute atomic E-state index is 12.2. The summed E-state index contributed by atoms with van der Waals surface area (Å²) in [5.74, 6) is 0.108. The highest BCUT2D eigenvalue weighted by atomic mass is 32.1. The number of imidazole rings is 1. The molecule has 4 rings (SSSR count). The molecule has 142 valence electrons. The number of aromatic nitrogens is 2. The van der Waals surface area contributed by atoms with Crippen LogP contribution in [0, 0.1) is 6.92 Å². The van der Waals surface area contributed by atoms with Crippen LogP contribution in [0.15, 0.2) is 42.0 Å². The lowest BCUT2D eigenvalue weighted by atomic mass is 10.3. The van der Waals surface area contributed by atoms with Crippen molar-refractivity contribution in [3.05, 3.63) is 58.2 Å². The highest BCUT2D eigenvalue weighted by molar-refractivity contribution is 7.10. The lowest BCUT2D eigenvalue weighted by Gasteiger charge is -2.33. The quantitative estimate of drug-likeness (QED) is 0.709. The molecule has 1 fully saturated rings. The van der Waals surface area contributed by atoms with Gasteiger partial charge in [-0.05, 0) is 36.1 Å². The van der Waals surface area contributed by atoms with Gasteiger partial charge < -0.3 is 9.72 Å². The van der Waals surface area contributed by atoms with E-state index >= 15 is 0 Å². The van der Waals surface area contributed by atoms with E-state index in [1.807, 2.05) is 24.4 Å². The minimum atomic E-state index is 0.108. The number of carbonyl (C=O) groups is 1. The molecule has 1 saturated heterocycles. The maximum Gasteiger partial charge on any atom is 0.234 e. The number of nitrogens with zero attached hydrogens (tertiary/aromatic N) is 4. The third-order valence-corrected chi connectivity index (χ3v) is 6.07. The molecule has 1 aliphatic heterocycles. The molecule has 6 nitrogen and oxygen atoms in total. The molecule has 27 heavy (non-hydrogen) atoms. The molecule has 0 aromatic carbocycles. The summed E-state index contributed by atoms with van der Waals surface area (Å²) in [6.45, 7) is 7.82. The van der Waals surface area contributed by atoms with Gasteiger partial charge in [0.25, 0.3) is 0 Å². The molecule has 1 amide bonds. The van der Waals surface area contributed by atoms with E-state index in [9.17, 15) is 4.79 Å². The first-order valence-corrected chi connectivity index (χ1v) is 10.2. The Morgan fingerprint density at radius 1 is 1.19 bits per heavy atom. The van der Waals surface area contributed by atoms with E-state index in [0.717, 1.165) is 44.1 Å². The Morgan fingerprint density at radius 3 is 2.74 bits per heavy atom. The lowest BCUT2D eigenvalue weighted by molar-refractivity contribution is -0.122. The predicted octanol–water partition coefficient (Wildman–Crippen LogP) is 2.14. The summed E-state index contributed by atoms with van der Waals surface area (Å²) in [5.41, 5.74) is 3.34. The van der Waals surface area contributed by atoms with Crippen molar-refractivity contribution in [2.45, 2.75) is 20.0 Å². The SMILES string of the molecule is Cc1ccsc1CNC(=O)CN1CCN(Cc2cn3ccccc3n2)CC1. The molecular weight excluding hydrogens is 358 g/mol. The maximum atomic E-state index is 12.2. The summed E-state index contributed by atoms with van der Waals surface area (Å²) in [6.07, 6.45) is 4.13. The first kappa shape index (κ1) is 18.2. The van der Waals surface area contributed by atoms with Gasteiger partial charge in [0.15, 0.2) is 0 Å². The van der Waals surface area contributed by atoms with Crippen molar-refractivity contribution in [3.8, 4) is 0 Å². The molecule has 0 aliphatic carbocycles. The highest BCUT2D eigenvalue weighted by Crippen LogP contribution is 2.15. The molecule has 0 atom stereocenters. The highest BCUT2D eigenvalue weighted by Gasteiger charge is 2.19. The van der Waals surface area contributed by atoms with Crippen LogP contribution in [0.25, 0.3) is 5.65 Å². The number of nitrogens with one attached hydrogen (secondary N) is 1. The van der Waals surface area contributed by atoms with Crippen molar-refractivity contribution in [2.24, 2.45) is 0 Å². The van der Waals surface area contributed by atoms with Crippen molar-refractivity contribution >= 4 is 22.9 Å². The van der Waals surface area contributed by atoms with Crippen molar-refractivity contribution in [3.63, 3.8) is 0 Å². The van der Waals surface area contributed by atoms with Gasteiger partial charge in [-0.3, -0.25) is 14.6 Å². The van der Waals surface area contributed by atoms with Crippen LogP contribution in [-0.2, 0) is 17.9 Å². The second-order valence-corrected chi connectivity index (χ2v) is 8.05. The van der Waals surface area contributed by atoms with Crippen LogP contribution < -0.4 is 5.32 Å². The van der Waals surface area contributed by atoms with Crippen molar-refractivity contribution in [1.82, 2.24) is 24.5 Å². The largest absolute Gasteiger partial charge is 0.350 e. The van der Waals surface area contributed by atoms with Gasteiger partial charge in [-0.2, -0.15) is 0 Å². The van der Waals surface area contributed by atoms with Gasteiger partial charge >= 0.3 is 0 Å². The van der Waals surface area contributed by atoms with Crippen molar-refractivity contribution < 1.29 is 4.79 Å². The zero-order valence-electron chi connectivity index (χ0n) is 15.6. The number of rotatable bonds is 6. The molecule has 7 heteroatoms. The average Bonchev–Trinajstić information content (AvgIpc) is 3.27. The molecule has 4 heterocycles. The molecule has 0 radical (unpaired) electrons. The third kappa shape index (κ3) is 4.55. The molecule has 0 bridgehead atoms. The van der Waals surface area contributed by atoms with E-state index in [2.05, 4.69) is 49.1 Å². The van der Waals surface area contributed by atoms with Crippen LogP contribution in [0.1, 0.15) is 16.1 Å². The van der Waals surface area contributed by atoms with Gasteiger partial charge in [-0.1, -0.05) is 6.07 Å². The number of fused-ring (bicyclic) bond motifs is 1. The standard InChI is InChI=1S/C20H25N5OS/c1-16-5-11-27-18(16)12-21-20(26)15-24-9-7-23(8-10-24)13-17-14-25-6-3-2-4-19(25)22-17/h2-6,11,14H,7-10,12-13,15H2,1H3,(H,21,26). The topological polar surface area (TPSA) is 52.9 Å². The van der Waals surface area contributed by atoms with E-state index in [1.54, 1.807) is 11.3 Å². The summed E-state index contributed by atoms with van der Waals surface area (Å²) < 4.78 is 2.06. The fraction of sp³-hybridized carbons (Fsp3) is 0.400. The van der Waals surface area contributed by atoms with Crippen LogP contribution in [0.3, 0.4) is 0 Å². The number of hydrogen-bond acceptors (Lipinski definition) is 5. The fourth-order valence-electron chi connectivity index (χ4n) is 3.42. The Labute approximate surface area is 163 Å². The molecule has 0 spiro atoms. The Hall–Kier alpha value is -2.22. The van der Waals surface area contributed by atoms with Crippen LogP contribution in [0.4, 0.5) is 0 Å². The molecule has 0 saturated carbocycles. The second kappa shape index (κ2) is 8.21. The number of amides is 1. The summed E-state index contributed by atoms with van der Waals surface area (Å²) in [6, 6.07) is 8.14. The number of thiophene rings is 1. The van der Waals surface area contributed by atoms with Crippen LogP contribution in [0.5, 0.6) is 0 Å². The van der Waals surface area contributed by atoms with E-state index in [4.69, 9.17) is 0 Å². The predicted molar refractivity (Wildman–Crippen MR) is 108 cm³/mol. The normalized spacial score (nSPS) is 16.0. The molecule has 1 N–H and O–H groups in total. The number of aryl methyl sites for hydroxylation is 1. The van der Waals surface area contributed by atoms with Gasteiger partial charge in [0.1, 0.15) is 5.65 Å². The smallest absolute Gasteiger partial charge is 0.234 e. The summed E-state index contributed by atoms with van der Waals surface area (Å²) in [7, 11) is 0. The monoisotopic (exact) mass is 383 g/mol. The van der Waals surface area contributed by atoms with Crippen molar-refractivity contribution in [1.29, 1.82) is 0 Å². The Balaban J connectivity index is 1.21. The molecule has 0 unspecified atom stereocenters. The van der Waals surface area contributed by atoms with Crippen LogP contribution in [0.2, 0.25) is 0 Å². The van der Waals surface area contributed by atoms with Crippen molar-refractivity contribution in [2.75, 3.05) is 32.7 Å². The van der Waals surface area contributed by atoms with Gasteiger partial charge in [0.05, 0.1) is 18.8 Å². The minimum Gasteiger partial charge on any atom is -0.350 e. The first-order chi connectivity index (χ1) is 13.2. The zero-order chi connectivity index (χ0) is 18.6. The summed E-state index contributed by atoms with van der Waals surface area (Å²) in [5, 5.41) is 5.11. The van der Waals surface area contributed by atoms with E-state index in [-0.39, 0.29) is 5.91 Å². The van der Waals surface area contributed by atoms with E-state index < -0.39 is 0 Å². The summed E-state index contributed by atoms with van der Waals surface area (Å²) >= 11 is 1.70. The first-order valence-electron chi connectivity index (χ1n) is 9.34. The van der Waals surface area contributed by atoms with Gasteiger partial charge in [0.2, 0.25) is 5.91 Å². The van der Waals surface area contributed by atoms with Gasteiger partial charge in [-0.25, -0.2) is 4.98 Å². The fourth-order valence-corrected chi connectivity index (χ4v) is 4.27. The summed E-state index contributed by atoms with van der Waals surface area (Å²) in [4.78, 5) is 22.8. The number of carbonyl (C=O) groups excluding carboxylic acids is 1. The lowest BCUT2D eigenvalue weighted by Crippen LogP contribution is -2.49. The molecule has 1 aliphatic rings. The van der Waals surface area contributed by atoms with Crippen LogP contribution in [-0.4, -0.2) is 57.8 Å². The number of hydrogen-bond donors (Lipinski definition) is 1. The zero-order valence-corrected chi connectivity index (χ0v) is 16.4. The van der Waals surface area contributed by atoms with E-state index in [0.29, 0.717) is 13.1 Å². The Bertz CT molecular complexity index is 877. The average molecular weight is 384 g/mol.